The van der Waals surface area contributed by atoms with Gasteiger partial charge in [0.25, 0.3) is 0 Å². The van der Waals surface area contributed by atoms with Crippen molar-refractivity contribution in [3.63, 3.8) is 0 Å². The van der Waals surface area contributed by atoms with Crippen molar-refractivity contribution < 1.29 is 0 Å². The van der Waals surface area contributed by atoms with E-state index in [1.807, 2.05) is 37.3 Å². The Morgan fingerprint density at radius 3 is 2.79 bits per heavy atom. The number of rotatable bonds is 1. The van der Waals surface area contributed by atoms with Crippen molar-refractivity contribution in [1.29, 1.82) is 0 Å². The SMILES string of the molecule is C=Cc1ccccc1C#CC(C)=NC. The van der Waals surface area contributed by atoms with Gasteiger partial charge in [-0.05, 0) is 24.5 Å². The molecule has 0 bridgehead atoms. The molecular formula is C13H13N. The number of aliphatic imine (C=N–C) groups is 1. The van der Waals surface area contributed by atoms with Crippen LogP contribution < -0.4 is 0 Å². The molecule has 1 heteroatoms. The zero-order valence-corrected chi connectivity index (χ0v) is 8.54. The quantitative estimate of drug-likeness (QED) is 0.469. The summed E-state index contributed by atoms with van der Waals surface area (Å²) in [5.74, 6) is 6.04. The van der Waals surface area contributed by atoms with Crippen molar-refractivity contribution in [3.05, 3.63) is 42.0 Å². The maximum Gasteiger partial charge on any atom is 0.0813 e. The van der Waals surface area contributed by atoms with Gasteiger partial charge in [0.15, 0.2) is 0 Å². The molecule has 0 aliphatic heterocycles. The number of hydrogen-bond acceptors (Lipinski definition) is 1. The summed E-state index contributed by atoms with van der Waals surface area (Å²) in [6, 6.07) is 7.92. The third-order valence-electron chi connectivity index (χ3n) is 1.89. The van der Waals surface area contributed by atoms with E-state index in [4.69, 9.17) is 0 Å². The summed E-state index contributed by atoms with van der Waals surface area (Å²) in [5.41, 5.74) is 2.89. The van der Waals surface area contributed by atoms with E-state index < -0.39 is 0 Å². The van der Waals surface area contributed by atoms with Crippen molar-refractivity contribution >= 4 is 11.8 Å². The predicted octanol–water partition coefficient (Wildman–Crippen LogP) is 2.77. The Kier molecular flexibility index (Phi) is 3.69. The molecule has 0 aliphatic rings. The number of benzene rings is 1. The van der Waals surface area contributed by atoms with Gasteiger partial charge in [-0.2, -0.15) is 0 Å². The Hall–Kier alpha value is -1.81. The van der Waals surface area contributed by atoms with E-state index in [9.17, 15) is 0 Å². The van der Waals surface area contributed by atoms with Gasteiger partial charge in [-0.1, -0.05) is 36.8 Å². The van der Waals surface area contributed by atoms with Crippen molar-refractivity contribution in [1.82, 2.24) is 0 Å². The number of nitrogens with zero attached hydrogens (tertiary/aromatic N) is 1. The van der Waals surface area contributed by atoms with Crippen LogP contribution in [0.3, 0.4) is 0 Å². The van der Waals surface area contributed by atoms with Crippen LogP contribution in [0, 0.1) is 11.8 Å². The van der Waals surface area contributed by atoms with Gasteiger partial charge >= 0.3 is 0 Å². The first-order chi connectivity index (χ1) is 6.77. The van der Waals surface area contributed by atoms with Crippen LogP contribution in [-0.4, -0.2) is 12.8 Å². The van der Waals surface area contributed by atoms with E-state index in [-0.39, 0.29) is 0 Å². The molecule has 0 amide bonds. The van der Waals surface area contributed by atoms with Crippen molar-refractivity contribution in [2.45, 2.75) is 6.92 Å². The van der Waals surface area contributed by atoms with E-state index in [1.54, 1.807) is 7.05 Å². The fourth-order valence-electron chi connectivity index (χ4n) is 1.00. The van der Waals surface area contributed by atoms with Crippen molar-refractivity contribution in [2.24, 2.45) is 4.99 Å². The summed E-state index contributed by atoms with van der Waals surface area (Å²) in [6.07, 6.45) is 1.81. The second kappa shape index (κ2) is 5.04. The summed E-state index contributed by atoms with van der Waals surface area (Å²) in [4.78, 5) is 3.98. The average Bonchev–Trinajstić information content (AvgIpc) is 2.26. The topological polar surface area (TPSA) is 12.4 Å². The molecule has 1 rings (SSSR count). The molecule has 0 radical (unpaired) electrons. The molecule has 0 unspecified atom stereocenters. The molecule has 14 heavy (non-hydrogen) atoms. The molecule has 1 aromatic rings. The summed E-state index contributed by atoms with van der Waals surface area (Å²) in [7, 11) is 1.74. The fourth-order valence-corrected chi connectivity index (χ4v) is 1.00. The second-order valence-electron chi connectivity index (χ2n) is 2.85. The van der Waals surface area contributed by atoms with Crippen LogP contribution in [0.4, 0.5) is 0 Å². The second-order valence-corrected chi connectivity index (χ2v) is 2.85. The highest BCUT2D eigenvalue weighted by Crippen LogP contribution is 2.07. The highest BCUT2D eigenvalue weighted by molar-refractivity contribution is 5.98. The maximum absolute atomic E-state index is 3.98. The molecule has 1 aromatic carbocycles. The third-order valence-corrected chi connectivity index (χ3v) is 1.89. The van der Waals surface area contributed by atoms with Crippen molar-refractivity contribution in [3.8, 4) is 11.8 Å². The first kappa shape index (κ1) is 10.3. The first-order valence-corrected chi connectivity index (χ1v) is 4.45. The van der Waals surface area contributed by atoms with Crippen LogP contribution in [0.1, 0.15) is 18.1 Å². The van der Waals surface area contributed by atoms with Gasteiger partial charge in [-0.15, -0.1) is 0 Å². The minimum Gasteiger partial charge on any atom is -0.284 e. The predicted molar refractivity (Wildman–Crippen MR) is 62.4 cm³/mol. The Labute approximate surface area is 85.2 Å². The van der Waals surface area contributed by atoms with Crippen LogP contribution in [0.25, 0.3) is 6.08 Å². The molecule has 70 valence electrons. The summed E-state index contributed by atoms with van der Waals surface area (Å²) in [6.45, 7) is 5.63. The molecule has 0 N–H and O–H groups in total. The Morgan fingerprint density at radius 1 is 1.43 bits per heavy atom. The molecule has 0 heterocycles. The largest absolute Gasteiger partial charge is 0.284 e. The average molecular weight is 183 g/mol. The molecular weight excluding hydrogens is 170 g/mol. The van der Waals surface area contributed by atoms with Crippen LogP contribution in [0.2, 0.25) is 0 Å². The molecule has 0 spiro atoms. The van der Waals surface area contributed by atoms with Crippen LogP contribution >= 0.6 is 0 Å². The standard InChI is InChI=1S/C13H13N/c1-4-12-7-5-6-8-13(12)10-9-11(2)14-3/h4-8H,1H2,2-3H3. The smallest absolute Gasteiger partial charge is 0.0813 e. The van der Waals surface area contributed by atoms with Crippen LogP contribution in [0.15, 0.2) is 35.8 Å². The molecule has 0 aromatic heterocycles. The third kappa shape index (κ3) is 2.60. The van der Waals surface area contributed by atoms with Crippen molar-refractivity contribution in [2.75, 3.05) is 7.05 Å². The van der Waals surface area contributed by atoms with Gasteiger partial charge in [0.05, 0.1) is 5.71 Å². The highest BCUT2D eigenvalue weighted by atomic mass is 14.7. The Morgan fingerprint density at radius 2 is 2.14 bits per heavy atom. The molecule has 0 saturated heterocycles. The number of hydrogen-bond donors (Lipinski definition) is 0. The van der Waals surface area contributed by atoms with E-state index in [2.05, 4.69) is 23.4 Å². The lowest BCUT2D eigenvalue weighted by Gasteiger charge is -1.95. The fraction of sp³-hybridized carbons (Fsp3) is 0.154. The highest BCUT2D eigenvalue weighted by Gasteiger charge is 1.92. The van der Waals surface area contributed by atoms with E-state index >= 15 is 0 Å². The van der Waals surface area contributed by atoms with Crippen LogP contribution in [-0.2, 0) is 0 Å². The van der Waals surface area contributed by atoms with Gasteiger partial charge < -0.3 is 0 Å². The zero-order chi connectivity index (χ0) is 10.4. The van der Waals surface area contributed by atoms with Gasteiger partial charge in [0.2, 0.25) is 0 Å². The molecule has 0 aliphatic carbocycles. The molecule has 1 nitrogen and oxygen atoms in total. The lowest BCUT2D eigenvalue weighted by molar-refractivity contribution is 1.44. The minimum atomic E-state index is 0.837. The monoisotopic (exact) mass is 183 g/mol. The van der Waals surface area contributed by atoms with Gasteiger partial charge in [-0.3, -0.25) is 4.99 Å². The van der Waals surface area contributed by atoms with E-state index in [1.165, 1.54) is 0 Å². The summed E-state index contributed by atoms with van der Waals surface area (Å²) < 4.78 is 0. The summed E-state index contributed by atoms with van der Waals surface area (Å²) >= 11 is 0. The van der Waals surface area contributed by atoms with Gasteiger partial charge in [0, 0.05) is 12.6 Å². The molecule has 0 saturated carbocycles. The summed E-state index contributed by atoms with van der Waals surface area (Å²) in [5, 5.41) is 0. The lowest BCUT2D eigenvalue weighted by Crippen LogP contribution is -1.85. The molecule has 0 atom stereocenters. The lowest BCUT2D eigenvalue weighted by atomic mass is 10.1. The minimum absolute atomic E-state index is 0.837. The normalized spacial score (nSPS) is 10.3. The van der Waals surface area contributed by atoms with E-state index in [0.29, 0.717) is 0 Å². The Balaban J connectivity index is 3.06. The first-order valence-electron chi connectivity index (χ1n) is 4.45. The zero-order valence-electron chi connectivity index (χ0n) is 8.54. The van der Waals surface area contributed by atoms with Gasteiger partial charge in [0.1, 0.15) is 0 Å². The molecule has 0 fully saturated rings. The maximum atomic E-state index is 3.98. The Bertz CT molecular complexity index is 416. The van der Waals surface area contributed by atoms with Gasteiger partial charge in [-0.25, -0.2) is 0 Å². The van der Waals surface area contributed by atoms with E-state index in [0.717, 1.165) is 16.8 Å². The van der Waals surface area contributed by atoms with Crippen LogP contribution in [0.5, 0.6) is 0 Å².